The van der Waals surface area contributed by atoms with E-state index in [0.717, 1.165) is 43.6 Å². The van der Waals surface area contributed by atoms with Crippen LogP contribution in [-0.2, 0) is 18.3 Å². The number of carbonyl (C=O) groups excluding carboxylic acids is 1. The second-order valence-electron chi connectivity index (χ2n) is 6.55. The van der Waals surface area contributed by atoms with Gasteiger partial charge in [0.1, 0.15) is 0 Å². The van der Waals surface area contributed by atoms with E-state index < -0.39 is 0 Å². The van der Waals surface area contributed by atoms with E-state index in [2.05, 4.69) is 31.0 Å². The van der Waals surface area contributed by atoms with E-state index in [1.807, 2.05) is 19.4 Å². The first kappa shape index (κ1) is 15.2. The predicted octanol–water partition coefficient (Wildman–Crippen LogP) is 2.43. The Hall–Kier alpha value is -1.16. The Kier molecular flexibility index (Phi) is 4.63. The van der Waals surface area contributed by atoms with Gasteiger partial charge < -0.3 is 0 Å². The lowest BCUT2D eigenvalue weighted by Gasteiger charge is -2.43. The summed E-state index contributed by atoms with van der Waals surface area (Å²) in [6.45, 7) is 2.29. The van der Waals surface area contributed by atoms with Crippen LogP contribution < -0.4 is 0 Å². The number of nitrogens with zero attached hydrogens (tertiary/aromatic N) is 3. The molecule has 20 heavy (non-hydrogen) atoms. The number of aryl methyl sites for hydroxylation is 2. The topological polar surface area (TPSA) is 38.1 Å². The van der Waals surface area contributed by atoms with Crippen molar-refractivity contribution < 1.29 is 4.79 Å². The van der Waals surface area contributed by atoms with Crippen molar-refractivity contribution in [2.45, 2.75) is 51.0 Å². The number of hydrogen-bond acceptors (Lipinski definition) is 3. The average molecular weight is 277 g/mol. The number of carbonyl (C=O) groups is 1. The molecular weight excluding hydrogens is 250 g/mol. The number of likely N-dealkylation sites (N-methyl/N-ethyl adjacent to an activating group) is 1. The van der Waals surface area contributed by atoms with Crippen molar-refractivity contribution in [2.24, 2.45) is 13.0 Å². The first-order chi connectivity index (χ1) is 9.44. The van der Waals surface area contributed by atoms with E-state index in [-0.39, 0.29) is 5.54 Å². The molecule has 0 aliphatic heterocycles. The quantitative estimate of drug-likeness (QED) is 0.829. The van der Waals surface area contributed by atoms with Crippen LogP contribution >= 0.6 is 0 Å². The zero-order valence-electron chi connectivity index (χ0n) is 13.2. The van der Waals surface area contributed by atoms with Crippen LogP contribution in [0.1, 0.15) is 44.6 Å². The van der Waals surface area contributed by atoms with Crippen molar-refractivity contribution in [3.8, 4) is 0 Å². The molecular formula is C16H27N3O. The van der Waals surface area contributed by atoms with Crippen LogP contribution in [-0.4, -0.2) is 40.1 Å². The normalized spacial score (nSPS) is 26.9. The van der Waals surface area contributed by atoms with Crippen molar-refractivity contribution in [1.82, 2.24) is 14.7 Å². The minimum absolute atomic E-state index is 0.227. The SMILES string of the molecule is CC1CCC(C(=O)CCc2cnn(C)c2)(N(C)C)CC1. The third-order valence-electron chi connectivity index (χ3n) is 4.88. The highest BCUT2D eigenvalue weighted by atomic mass is 16.1. The van der Waals surface area contributed by atoms with E-state index in [1.54, 1.807) is 4.68 Å². The predicted molar refractivity (Wildman–Crippen MR) is 80.6 cm³/mol. The molecule has 112 valence electrons. The van der Waals surface area contributed by atoms with Gasteiger partial charge in [0.05, 0.1) is 11.7 Å². The van der Waals surface area contributed by atoms with E-state index >= 15 is 0 Å². The molecule has 0 amide bonds. The molecule has 0 atom stereocenters. The largest absolute Gasteiger partial charge is 0.298 e. The summed E-state index contributed by atoms with van der Waals surface area (Å²) in [5.41, 5.74) is 0.924. The Labute approximate surface area is 122 Å². The maximum absolute atomic E-state index is 12.8. The first-order valence-electron chi connectivity index (χ1n) is 7.62. The molecule has 0 N–H and O–H groups in total. The van der Waals surface area contributed by atoms with Gasteiger partial charge in [-0.2, -0.15) is 5.10 Å². The minimum Gasteiger partial charge on any atom is -0.298 e. The molecule has 1 fully saturated rings. The summed E-state index contributed by atoms with van der Waals surface area (Å²) < 4.78 is 1.80. The summed E-state index contributed by atoms with van der Waals surface area (Å²) in [4.78, 5) is 14.9. The van der Waals surface area contributed by atoms with Crippen molar-refractivity contribution in [2.75, 3.05) is 14.1 Å². The maximum Gasteiger partial charge on any atom is 0.153 e. The molecule has 0 saturated heterocycles. The lowest BCUT2D eigenvalue weighted by atomic mass is 9.73. The lowest BCUT2D eigenvalue weighted by molar-refractivity contribution is -0.132. The van der Waals surface area contributed by atoms with Gasteiger partial charge in [-0.1, -0.05) is 6.92 Å². The molecule has 0 radical (unpaired) electrons. The second kappa shape index (κ2) is 6.08. The lowest BCUT2D eigenvalue weighted by Crippen LogP contribution is -2.53. The molecule has 0 bridgehead atoms. The van der Waals surface area contributed by atoms with Crippen LogP contribution in [0.2, 0.25) is 0 Å². The minimum atomic E-state index is -0.227. The third kappa shape index (κ3) is 3.11. The third-order valence-corrected chi connectivity index (χ3v) is 4.88. The number of hydrogen-bond donors (Lipinski definition) is 0. The van der Waals surface area contributed by atoms with Gasteiger partial charge in [0.2, 0.25) is 0 Å². The smallest absolute Gasteiger partial charge is 0.153 e. The second-order valence-corrected chi connectivity index (χ2v) is 6.55. The molecule has 0 aromatic carbocycles. The highest BCUT2D eigenvalue weighted by molar-refractivity contribution is 5.88. The summed E-state index contributed by atoms with van der Waals surface area (Å²) >= 11 is 0. The number of Topliss-reactive ketones (excluding diaryl/α,β-unsaturated/α-hetero) is 1. The molecule has 0 unspecified atom stereocenters. The van der Waals surface area contributed by atoms with Crippen LogP contribution in [0.3, 0.4) is 0 Å². The summed E-state index contributed by atoms with van der Waals surface area (Å²) in [5.74, 6) is 1.16. The highest BCUT2D eigenvalue weighted by Crippen LogP contribution is 2.36. The molecule has 2 rings (SSSR count). The number of ketones is 1. The van der Waals surface area contributed by atoms with Crippen LogP contribution in [0.15, 0.2) is 12.4 Å². The van der Waals surface area contributed by atoms with Gasteiger partial charge in [0.15, 0.2) is 5.78 Å². The fourth-order valence-electron chi connectivity index (χ4n) is 3.31. The summed E-state index contributed by atoms with van der Waals surface area (Å²) in [6.07, 6.45) is 9.63. The van der Waals surface area contributed by atoms with E-state index in [4.69, 9.17) is 0 Å². The van der Waals surface area contributed by atoms with Crippen LogP contribution in [0.5, 0.6) is 0 Å². The van der Waals surface area contributed by atoms with Crippen molar-refractivity contribution in [1.29, 1.82) is 0 Å². The Morgan fingerprint density at radius 3 is 2.60 bits per heavy atom. The van der Waals surface area contributed by atoms with Gasteiger partial charge in [0, 0.05) is 19.7 Å². The molecule has 4 heteroatoms. The zero-order chi connectivity index (χ0) is 14.8. The van der Waals surface area contributed by atoms with Crippen LogP contribution in [0, 0.1) is 5.92 Å². The number of rotatable bonds is 5. The van der Waals surface area contributed by atoms with Gasteiger partial charge in [-0.05, 0) is 57.7 Å². The number of aromatic nitrogens is 2. The Balaban J connectivity index is 2.00. The molecule has 1 heterocycles. The summed E-state index contributed by atoms with van der Waals surface area (Å²) in [7, 11) is 6.02. The Bertz CT molecular complexity index is 456. The van der Waals surface area contributed by atoms with Crippen molar-refractivity contribution in [3.63, 3.8) is 0 Å². The van der Waals surface area contributed by atoms with Gasteiger partial charge in [-0.25, -0.2) is 0 Å². The molecule has 1 aliphatic rings. The van der Waals surface area contributed by atoms with E-state index in [9.17, 15) is 4.79 Å². The van der Waals surface area contributed by atoms with Gasteiger partial charge in [-0.3, -0.25) is 14.4 Å². The average Bonchev–Trinajstić information content (AvgIpc) is 2.82. The fraction of sp³-hybridized carbons (Fsp3) is 0.750. The molecule has 1 aromatic rings. The highest BCUT2D eigenvalue weighted by Gasteiger charge is 2.41. The van der Waals surface area contributed by atoms with Crippen molar-refractivity contribution >= 4 is 5.78 Å². The summed E-state index contributed by atoms with van der Waals surface area (Å²) in [5, 5.41) is 4.16. The molecule has 1 aromatic heterocycles. The first-order valence-corrected chi connectivity index (χ1v) is 7.62. The van der Waals surface area contributed by atoms with E-state index in [0.29, 0.717) is 12.2 Å². The maximum atomic E-state index is 12.8. The fourth-order valence-corrected chi connectivity index (χ4v) is 3.31. The molecule has 4 nitrogen and oxygen atoms in total. The van der Waals surface area contributed by atoms with Crippen LogP contribution in [0.25, 0.3) is 0 Å². The van der Waals surface area contributed by atoms with Gasteiger partial charge >= 0.3 is 0 Å². The molecule has 1 saturated carbocycles. The molecule has 1 aliphatic carbocycles. The summed E-state index contributed by atoms with van der Waals surface area (Å²) in [6, 6.07) is 0. The van der Waals surface area contributed by atoms with E-state index in [1.165, 1.54) is 0 Å². The standard InChI is InChI=1S/C16H27N3O/c1-13-7-9-16(10-8-13,18(2)3)15(20)6-5-14-11-17-19(4)12-14/h11-13H,5-10H2,1-4H3. The van der Waals surface area contributed by atoms with Gasteiger partial charge in [0.25, 0.3) is 0 Å². The van der Waals surface area contributed by atoms with Gasteiger partial charge in [-0.15, -0.1) is 0 Å². The van der Waals surface area contributed by atoms with Crippen molar-refractivity contribution in [3.05, 3.63) is 18.0 Å². The zero-order valence-corrected chi connectivity index (χ0v) is 13.2. The Morgan fingerprint density at radius 1 is 1.45 bits per heavy atom. The molecule has 0 spiro atoms. The monoisotopic (exact) mass is 277 g/mol. The van der Waals surface area contributed by atoms with Crippen LogP contribution in [0.4, 0.5) is 0 Å². The Morgan fingerprint density at radius 2 is 2.10 bits per heavy atom.